The number of rotatable bonds is 13. The first-order valence-electron chi connectivity index (χ1n) is 16.2. The SMILES string of the molecule is C=C.COCCC1(N)CC(N=C(N)c2ccc3c(c2)CCC(C(C)O/N=C(\C(=O)NC2C(=O)N(OS(=O)(=O)O)C2(C)C)c2csc(N)n2)O3)C1.O=CO. The van der Waals surface area contributed by atoms with Crippen LogP contribution in [0.3, 0.4) is 0 Å². The quantitative estimate of drug-likeness (QED) is 0.0316. The van der Waals surface area contributed by atoms with Gasteiger partial charge >= 0.3 is 10.4 Å². The Hall–Kier alpha value is -4.67. The van der Waals surface area contributed by atoms with Crippen LogP contribution in [0.15, 0.2) is 46.9 Å². The Kier molecular flexibility index (Phi) is 14.4. The number of nitrogens with one attached hydrogen (secondary N) is 1. The lowest BCUT2D eigenvalue weighted by atomic mass is 9.72. The van der Waals surface area contributed by atoms with Gasteiger partial charge in [0.15, 0.2) is 16.9 Å². The number of β-lactam (4-membered cyclic amide) rings is 1. The average Bonchev–Trinajstić information content (AvgIpc) is 3.53. The molecule has 1 aliphatic carbocycles. The van der Waals surface area contributed by atoms with Crippen molar-refractivity contribution in [2.24, 2.45) is 21.6 Å². The number of nitrogens with zero attached hydrogens (tertiary/aromatic N) is 4. The highest BCUT2D eigenvalue weighted by Gasteiger charge is 2.58. The van der Waals surface area contributed by atoms with Gasteiger partial charge in [0.25, 0.3) is 18.3 Å². The zero-order chi connectivity index (χ0) is 39.7. The van der Waals surface area contributed by atoms with Crippen molar-refractivity contribution in [3.63, 3.8) is 0 Å². The molecule has 0 spiro atoms. The number of amidine groups is 1. The summed E-state index contributed by atoms with van der Waals surface area (Å²) in [5.41, 5.74) is 18.5. The number of ether oxygens (including phenoxy) is 2. The number of amides is 2. The smallest absolute Gasteiger partial charge is 0.418 e. The summed E-state index contributed by atoms with van der Waals surface area (Å²) in [5.74, 6) is -0.620. The summed E-state index contributed by atoms with van der Waals surface area (Å²) in [7, 11) is -3.30. The van der Waals surface area contributed by atoms with Crippen molar-refractivity contribution in [3.05, 3.63) is 53.6 Å². The number of carbonyl (C=O) groups is 3. The summed E-state index contributed by atoms with van der Waals surface area (Å²) < 4.78 is 47.0. The summed E-state index contributed by atoms with van der Waals surface area (Å²) in [5, 5.41) is 15.6. The normalized spacial score (nSPS) is 23.9. The minimum absolute atomic E-state index is 0.0734. The molecule has 9 N–H and O–H groups in total. The first kappa shape index (κ1) is 42.7. The van der Waals surface area contributed by atoms with E-state index >= 15 is 0 Å². The third kappa shape index (κ3) is 10.7. The maximum Gasteiger partial charge on any atom is 0.418 e. The van der Waals surface area contributed by atoms with E-state index in [-0.39, 0.29) is 34.6 Å². The van der Waals surface area contributed by atoms with Gasteiger partial charge in [0, 0.05) is 30.2 Å². The molecule has 3 heterocycles. The van der Waals surface area contributed by atoms with Gasteiger partial charge in [-0.05, 0) is 76.6 Å². The molecule has 0 radical (unpaired) electrons. The van der Waals surface area contributed by atoms with Crippen molar-refractivity contribution < 1.29 is 51.1 Å². The van der Waals surface area contributed by atoms with Gasteiger partial charge in [0.2, 0.25) is 0 Å². The number of carbonyl (C=O) groups excluding carboxylic acids is 2. The topological polar surface area (TPSA) is 294 Å². The monoisotopic (exact) mass is 782 g/mol. The molecule has 3 atom stereocenters. The Labute approximate surface area is 311 Å². The molecule has 0 bridgehead atoms. The second kappa shape index (κ2) is 17.9. The van der Waals surface area contributed by atoms with Crippen molar-refractivity contribution in [1.29, 1.82) is 0 Å². The maximum absolute atomic E-state index is 13.3. The number of methoxy groups -OCH3 is 1. The Balaban J connectivity index is 0.00000144. The van der Waals surface area contributed by atoms with E-state index in [2.05, 4.69) is 37.9 Å². The zero-order valence-corrected chi connectivity index (χ0v) is 31.4. The predicted molar refractivity (Wildman–Crippen MR) is 195 cm³/mol. The van der Waals surface area contributed by atoms with E-state index in [9.17, 15) is 18.0 Å². The fourth-order valence-electron chi connectivity index (χ4n) is 5.87. The number of hydrogen-bond donors (Lipinski definition) is 6. The number of hydrogen-bond acceptors (Lipinski definition) is 15. The lowest BCUT2D eigenvalue weighted by Gasteiger charge is -2.50. The number of aryl methyl sites for hydroxylation is 1. The molecular weight excluding hydrogens is 737 g/mol. The van der Waals surface area contributed by atoms with Crippen LogP contribution in [-0.2, 0) is 45.1 Å². The van der Waals surface area contributed by atoms with E-state index < -0.39 is 46.0 Å². The molecular formula is C32H46N8O11S2. The van der Waals surface area contributed by atoms with Crippen LogP contribution in [0.5, 0.6) is 5.75 Å². The summed E-state index contributed by atoms with van der Waals surface area (Å²) in [6, 6.07) is 4.52. The number of aromatic nitrogens is 1. The molecule has 2 aromatic rings. The van der Waals surface area contributed by atoms with Gasteiger partial charge in [-0.3, -0.25) is 23.9 Å². The van der Waals surface area contributed by atoms with Crippen LogP contribution < -0.4 is 27.3 Å². The molecule has 292 valence electrons. The van der Waals surface area contributed by atoms with E-state index in [4.69, 9.17) is 46.0 Å². The van der Waals surface area contributed by atoms with Crippen molar-refractivity contribution in [2.75, 3.05) is 19.5 Å². The molecule has 2 fully saturated rings. The lowest BCUT2D eigenvalue weighted by Crippen LogP contribution is -2.76. The van der Waals surface area contributed by atoms with Crippen LogP contribution in [0.2, 0.25) is 0 Å². The van der Waals surface area contributed by atoms with Gasteiger partial charge in [-0.1, -0.05) is 5.16 Å². The van der Waals surface area contributed by atoms with Gasteiger partial charge in [0.1, 0.15) is 29.4 Å². The number of anilines is 1. The Morgan fingerprint density at radius 2 is 1.98 bits per heavy atom. The van der Waals surface area contributed by atoms with Crippen LogP contribution in [-0.4, -0.2) is 107 Å². The molecule has 19 nitrogen and oxygen atoms in total. The molecule has 1 saturated carbocycles. The molecule has 3 aliphatic rings. The third-order valence-electron chi connectivity index (χ3n) is 8.68. The van der Waals surface area contributed by atoms with E-state index in [0.717, 1.165) is 41.7 Å². The minimum Gasteiger partial charge on any atom is -0.486 e. The van der Waals surface area contributed by atoms with E-state index in [1.807, 2.05) is 18.2 Å². The number of nitrogen functional groups attached to an aromatic ring is 1. The van der Waals surface area contributed by atoms with E-state index in [1.165, 1.54) is 19.2 Å². The number of fused-ring (bicyclic) bond motifs is 1. The number of hydroxylamine groups is 2. The van der Waals surface area contributed by atoms with Gasteiger partial charge in [-0.25, -0.2) is 4.98 Å². The third-order valence-corrected chi connectivity index (χ3v) is 9.69. The number of carboxylic acid groups (broad SMARTS) is 1. The molecule has 2 aliphatic heterocycles. The molecule has 1 saturated heterocycles. The van der Waals surface area contributed by atoms with Crippen LogP contribution in [0.25, 0.3) is 0 Å². The van der Waals surface area contributed by atoms with Crippen molar-refractivity contribution in [2.45, 2.75) is 88.2 Å². The fourth-order valence-corrected chi connectivity index (χ4v) is 6.88. The van der Waals surface area contributed by atoms with Gasteiger partial charge in [0.05, 0.1) is 11.6 Å². The molecule has 1 aromatic heterocycles. The number of thiazole rings is 1. The standard InChI is InChI=1S/C29H40N8O9S2.C2H4.CH2O2/c1-15(20-7-5-16-11-17(6-8-21(16)44-20)24(30)33-18-12-29(32,13-18)9-10-43-4)45-36-22(19-14-47-27(31)34-19)25(38)35-23-26(39)37(28(23,2)3)46-48(40,41)42;1-2;2-1-3/h6,8,11,14-15,18,20,23H,5,7,9-10,12-13,32H2,1-4H3,(H2,30,33)(H2,31,34)(H,35,38)(H,40,41,42);1-2H2;1H,(H,2,3)/b36-22-;;. The highest BCUT2D eigenvalue weighted by atomic mass is 32.3. The van der Waals surface area contributed by atoms with Gasteiger partial charge < -0.3 is 41.9 Å². The first-order valence-corrected chi connectivity index (χ1v) is 18.4. The van der Waals surface area contributed by atoms with Crippen LogP contribution in [0, 0.1) is 0 Å². The highest BCUT2D eigenvalue weighted by Crippen LogP contribution is 2.36. The number of nitrogens with two attached hydrogens (primary N) is 3. The fraction of sp³-hybridized carbons (Fsp3) is 0.500. The van der Waals surface area contributed by atoms with Crippen LogP contribution in [0.4, 0.5) is 5.13 Å². The first-order chi connectivity index (χ1) is 24.9. The number of benzene rings is 1. The predicted octanol–water partition coefficient (Wildman–Crippen LogP) is 1.17. The average molecular weight is 783 g/mol. The number of oxime groups is 1. The Morgan fingerprint density at radius 1 is 1.32 bits per heavy atom. The van der Waals surface area contributed by atoms with Gasteiger partial charge in [-0.2, -0.15) is 13.5 Å². The van der Waals surface area contributed by atoms with Crippen molar-refractivity contribution in [1.82, 2.24) is 15.4 Å². The largest absolute Gasteiger partial charge is 0.486 e. The summed E-state index contributed by atoms with van der Waals surface area (Å²) >= 11 is 1.07. The molecule has 53 heavy (non-hydrogen) atoms. The maximum atomic E-state index is 13.3. The minimum atomic E-state index is -4.96. The molecule has 3 unspecified atom stereocenters. The van der Waals surface area contributed by atoms with Gasteiger partial charge in [-0.15, -0.1) is 28.8 Å². The van der Waals surface area contributed by atoms with E-state index in [1.54, 1.807) is 14.0 Å². The second-order valence-electron chi connectivity index (χ2n) is 12.8. The van der Waals surface area contributed by atoms with E-state index in [0.29, 0.717) is 36.1 Å². The van der Waals surface area contributed by atoms with Crippen molar-refractivity contribution in [3.8, 4) is 5.75 Å². The molecule has 21 heteroatoms. The number of aliphatic imine (C=N–C) groups is 1. The molecule has 1 aromatic carbocycles. The molecule has 5 rings (SSSR count). The van der Waals surface area contributed by atoms with Crippen LogP contribution >= 0.6 is 11.3 Å². The summed E-state index contributed by atoms with van der Waals surface area (Å²) in [6.07, 6.45) is 2.52. The summed E-state index contributed by atoms with van der Waals surface area (Å²) in [6.45, 7) is 11.0. The summed E-state index contributed by atoms with van der Waals surface area (Å²) in [4.78, 5) is 48.8. The van der Waals surface area contributed by atoms with Crippen LogP contribution in [0.1, 0.15) is 63.3 Å². The Morgan fingerprint density at radius 3 is 2.55 bits per heavy atom. The molecule has 2 amide bonds. The lowest BCUT2D eigenvalue weighted by molar-refractivity contribution is -0.218. The van der Waals surface area contributed by atoms with Crippen molar-refractivity contribution >= 4 is 56.7 Å². The second-order valence-corrected chi connectivity index (χ2v) is 14.7. The Bertz CT molecular complexity index is 1790. The highest BCUT2D eigenvalue weighted by molar-refractivity contribution is 7.80. The zero-order valence-electron chi connectivity index (χ0n) is 29.8.